The van der Waals surface area contributed by atoms with E-state index in [0.717, 1.165) is 11.1 Å². The van der Waals surface area contributed by atoms with E-state index in [9.17, 15) is 9.59 Å². The maximum Gasteiger partial charge on any atom is 0.252 e. The quantitative estimate of drug-likeness (QED) is 0.461. The molecule has 2 aromatic carbocycles. The Morgan fingerprint density at radius 3 is 2.56 bits per heavy atom. The molecule has 0 aliphatic carbocycles. The van der Waals surface area contributed by atoms with E-state index in [1.54, 1.807) is 12.1 Å². The van der Waals surface area contributed by atoms with Crippen molar-refractivity contribution in [1.82, 2.24) is 20.1 Å². The molecule has 3 aromatic rings. The molecule has 168 valence electrons. The smallest absolute Gasteiger partial charge is 0.252 e. The van der Waals surface area contributed by atoms with E-state index in [1.165, 1.54) is 11.8 Å². The van der Waals surface area contributed by atoms with Crippen molar-refractivity contribution in [3.8, 4) is 0 Å². The Balaban J connectivity index is 1.63. The monoisotopic (exact) mass is 471 g/mol. The Kier molecular flexibility index (Phi) is 7.93. The summed E-state index contributed by atoms with van der Waals surface area (Å²) in [7, 11) is 0. The van der Waals surface area contributed by atoms with Crippen molar-refractivity contribution in [2.45, 2.75) is 45.4 Å². The fraction of sp³-hybridized carbons (Fsp3) is 0.304. The average molecular weight is 472 g/mol. The Bertz CT molecular complexity index is 1130. The van der Waals surface area contributed by atoms with Crippen LogP contribution < -0.4 is 10.6 Å². The Morgan fingerprint density at radius 2 is 1.88 bits per heavy atom. The van der Waals surface area contributed by atoms with Gasteiger partial charge in [0, 0.05) is 22.8 Å². The van der Waals surface area contributed by atoms with Gasteiger partial charge in [0.05, 0.1) is 11.8 Å². The van der Waals surface area contributed by atoms with Crippen LogP contribution in [0.15, 0.2) is 47.6 Å². The van der Waals surface area contributed by atoms with Gasteiger partial charge in [-0.3, -0.25) is 9.59 Å². The van der Waals surface area contributed by atoms with Crippen molar-refractivity contribution in [1.29, 1.82) is 0 Å². The number of amides is 2. The Labute approximate surface area is 197 Å². The molecule has 2 amide bonds. The summed E-state index contributed by atoms with van der Waals surface area (Å²) in [5.41, 5.74) is 3.14. The van der Waals surface area contributed by atoms with Gasteiger partial charge in [0.1, 0.15) is 0 Å². The lowest BCUT2D eigenvalue weighted by molar-refractivity contribution is -0.113. The zero-order chi connectivity index (χ0) is 23.3. The lowest BCUT2D eigenvalue weighted by Gasteiger charge is -2.16. The van der Waals surface area contributed by atoms with Crippen LogP contribution in [0.3, 0.4) is 0 Å². The van der Waals surface area contributed by atoms with Crippen molar-refractivity contribution in [3.05, 3.63) is 70.0 Å². The number of hydrogen-bond donors (Lipinski definition) is 2. The largest absolute Gasteiger partial charge is 0.342 e. The molecule has 7 nitrogen and oxygen atoms in total. The van der Waals surface area contributed by atoms with Gasteiger partial charge in [-0.15, -0.1) is 10.2 Å². The molecule has 3 rings (SSSR count). The number of aryl methyl sites for hydroxylation is 2. The molecule has 0 bridgehead atoms. The van der Waals surface area contributed by atoms with Crippen LogP contribution in [0.2, 0.25) is 5.02 Å². The molecule has 0 fully saturated rings. The minimum absolute atomic E-state index is 0.161. The first-order chi connectivity index (χ1) is 15.3. The van der Waals surface area contributed by atoms with Gasteiger partial charge in [-0.2, -0.15) is 0 Å². The van der Waals surface area contributed by atoms with Gasteiger partial charge in [-0.1, -0.05) is 47.6 Å². The first kappa shape index (κ1) is 23.8. The number of carbonyl (C=O) groups excluding carboxylic acids is 2. The van der Waals surface area contributed by atoms with E-state index in [4.69, 9.17) is 11.6 Å². The van der Waals surface area contributed by atoms with E-state index in [0.29, 0.717) is 33.8 Å². The molecule has 0 aliphatic rings. The summed E-state index contributed by atoms with van der Waals surface area (Å²) in [5, 5.41) is 15.6. The lowest BCUT2D eigenvalue weighted by atomic mass is 10.1. The Hall–Kier alpha value is -2.84. The van der Waals surface area contributed by atoms with Crippen LogP contribution >= 0.6 is 23.4 Å². The number of halogens is 1. The summed E-state index contributed by atoms with van der Waals surface area (Å²) in [5.74, 6) is 0.491. The van der Waals surface area contributed by atoms with Gasteiger partial charge >= 0.3 is 0 Å². The molecule has 0 radical (unpaired) electrons. The molecule has 32 heavy (non-hydrogen) atoms. The van der Waals surface area contributed by atoms with Gasteiger partial charge in [0.15, 0.2) is 11.0 Å². The minimum atomic E-state index is -0.340. The highest BCUT2D eigenvalue weighted by Crippen LogP contribution is 2.23. The second kappa shape index (κ2) is 10.7. The lowest BCUT2D eigenvalue weighted by Crippen LogP contribution is -2.29. The molecule has 1 heterocycles. The highest BCUT2D eigenvalue weighted by molar-refractivity contribution is 7.99. The molecule has 1 aromatic heterocycles. The van der Waals surface area contributed by atoms with Crippen molar-refractivity contribution >= 4 is 40.9 Å². The summed E-state index contributed by atoms with van der Waals surface area (Å²) in [6.45, 7) is 8.27. The topological polar surface area (TPSA) is 88.9 Å². The van der Waals surface area contributed by atoms with Gasteiger partial charge < -0.3 is 15.2 Å². The highest BCUT2D eigenvalue weighted by atomic mass is 35.5. The van der Waals surface area contributed by atoms with Crippen molar-refractivity contribution in [2.75, 3.05) is 11.1 Å². The third-order valence-electron chi connectivity index (χ3n) is 4.97. The number of anilines is 1. The van der Waals surface area contributed by atoms with Gasteiger partial charge in [-0.25, -0.2) is 0 Å². The molecule has 0 spiro atoms. The van der Waals surface area contributed by atoms with Crippen molar-refractivity contribution in [3.63, 3.8) is 0 Å². The first-order valence-corrected chi connectivity index (χ1v) is 11.6. The molecule has 0 saturated heterocycles. The number of nitrogens with one attached hydrogen (secondary N) is 2. The average Bonchev–Trinajstić information content (AvgIpc) is 3.18. The van der Waals surface area contributed by atoms with E-state index >= 15 is 0 Å². The molecule has 9 heteroatoms. The molecular weight excluding hydrogens is 446 g/mol. The van der Waals surface area contributed by atoms with E-state index in [1.807, 2.05) is 62.6 Å². The maximum absolute atomic E-state index is 12.7. The first-order valence-electron chi connectivity index (χ1n) is 10.3. The third kappa shape index (κ3) is 5.69. The van der Waals surface area contributed by atoms with Gasteiger partial charge in [-0.05, 0) is 57.0 Å². The highest BCUT2D eigenvalue weighted by Gasteiger charge is 2.20. The summed E-state index contributed by atoms with van der Waals surface area (Å²) < 4.78 is 1.91. The SMILES string of the molecule is CCn1c(SCC(=O)Nc2ccc(C)c(Cl)c2)nnc1C(C)NC(=O)c1ccccc1C. The zero-order valence-corrected chi connectivity index (χ0v) is 20.0. The fourth-order valence-electron chi connectivity index (χ4n) is 3.19. The number of rotatable bonds is 8. The number of aromatic nitrogens is 3. The predicted octanol–water partition coefficient (Wildman–Crippen LogP) is 4.79. The number of benzene rings is 2. The minimum Gasteiger partial charge on any atom is -0.342 e. The molecule has 0 saturated carbocycles. The number of thioether (sulfide) groups is 1. The predicted molar refractivity (Wildman–Crippen MR) is 128 cm³/mol. The zero-order valence-electron chi connectivity index (χ0n) is 18.5. The van der Waals surface area contributed by atoms with E-state index in [2.05, 4.69) is 20.8 Å². The van der Waals surface area contributed by atoms with E-state index in [-0.39, 0.29) is 23.6 Å². The summed E-state index contributed by atoms with van der Waals surface area (Å²) in [6, 6.07) is 12.5. The van der Waals surface area contributed by atoms with Crippen LogP contribution in [0.5, 0.6) is 0 Å². The summed E-state index contributed by atoms with van der Waals surface area (Å²) >= 11 is 7.41. The normalized spacial score (nSPS) is 11.8. The summed E-state index contributed by atoms with van der Waals surface area (Å²) in [4.78, 5) is 25.0. The molecular formula is C23H26ClN5O2S. The molecule has 1 unspecified atom stereocenters. The molecule has 1 atom stereocenters. The van der Waals surface area contributed by atoms with Crippen LogP contribution in [0.25, 0.3) is 0 Å². The third-order valence-corrected chi connectivity index (χ3v) is 6.35. The number of hydrogen-bond acceptors (Lipinski definition) is 5. The van der Waals surface area contributed by atoms with E-state index < -0.39 is 0 Å². The van der Waals surface area contributed by atoms with Crippen LogP contribution in [0.1, 0.15) is 47.2 Å². The Morgan fingerprint density at radius 1 is 1.12 bits per heavy atom. The maximum atomic E-state index is 12.7. The second-order valence-electron chi connectivity index (χ2n) is 7.40. The number of nitrogens with zero attached hydrogens (tertiary/aromatic N) is 3. The van der Waals surface area contributed by atoms with Crippen LogP contribution in [-0.2, 0) is 11.3 Å². The van der Waals surface area contributed by atoms with Crippen molar-refractivity contribution < 1.29 is 9.59 Å². The van der Waals surface area contributed by atoms with Gasteiger partial charge in [0.25, 0.3) is 5.91 Å². The van der Waals surface area contributed by atoms with Crippen LogP contribution in [0, 0.1) is 13.8 Å². The molecule has 0 aliphatic heterocycles. The fourth-order valence-corrected chi connectivity index (χ4v) is 4.18. The van der Waals surface area contributed by atoms with Gasteiger partial charge in [0.2, 0.25) is 5.91 Å². The van der Waals surface area contributed by atoms with Crippen molar-refractivity contribution in [2.24, 2.45) is 0 Å². The van der Waals surface area contributed by atoms with Crippen LogP contribution in [0.4, 0.5) is 5.69 Å². The molecule has 2 N–H and O–H groups in total. The van der Waals surface area contributed by atoms with Crippen LogP contribution in [-0.4, -0.2) is 32.3 Å². The summed E-state index contributed by atoms with van der Waals surface area (Å²) in [6.07, 6.45) is 0. The second-order valence-corrected chi connectivity index (χ2v) is 8.75. The standard InChI is InChI=1S/C23H26ClN5O2S/c1-5-29-21(16(4)25-22(31)18-9-7-6-8-14(18)2)27-28-23(29)32-13-20(30)26-17-11-10-15(3)19(24)12-17/h6-12,16H,5,13H2,1-4H3,(H,25,31)(H,26,30). The number of carbonyl (C=O) groups is 2.